The highest BCUT2D eigenvalue weighted by molar-refractivity contribution is 6.17. The summed E-state index contributed by atoms with van der Waals surface area (Å²) in [6.45, 7) is 1.04. The van der Waals surface area contributed by atoms with Gasteiger partial charge in [0.1, 0.15) is 0 Å². The van der Waals surface area contributed by atoms with Crippen molar-refractivity contribution in [3.05, 3.63) is 0 Å². The van der Waals surface area contributed by atoms with Crippen molar-refractivity contribution in [3.8, 4) is 0 Å². The van der Waals surface area contributed by atoms with Crippen molar-refractivity contribution in [1.29, 1.82) is 0 Å². The first-order chi connectivity index (χ1) is 5.86. The molecule has 2 unspecified atom stereocenters. The van der Waals surface area contributed by atoms with Crippen LogP contribution in [0.5, 0.6) is 0 Å². The summed E-state index contributed by atoms with van der Waals surface area (Å²) in [6.07, 6.45) is 4.56. The summed E-state index contributed by atoms with van der Waals surface area (Å²) in [7, 11) is 0. The summed E-state index contributed by atoms with van der Waals surface area (Å²) in [5.41, 5.74) is 0. The Morgan fingerprint density at radius 1 is 1.50 bits per heavy atom. The molecule has 0 aromatic carbocycles. The molecule has 1 rings (SSSR count). The monoisotopic (exact) mass is 190 g/mol. The van der Waals surface area contributed by atoms with E-state index in [-0.39, 0.29) is 12.6 Å². The van der Waals surface area contributed by atoms with Crippen molar-refractivity contribution < 1.29 is 5.11 Å². The smallest absolute Gasteiger partial charge is 0.0975 e. The van der Waals surface area contributed by atoms with E-state index in [1.165, 1.54) is 12.8 Å². The molecular weight excluding hydrogens is 174 g/mol. The van der Waals surface area contributed by atoms with E-state index in [9.17, 15) is 5.11 Å². The fourth-order valence-corrected chi connectivity index (χ4v) is 2.00. The molecule has 1 aliphatic rings. The van der Waals surface area contributed by atoms with E-state index in [2.05, 4.69) is 5.32 Å². The zero-order valence-corrected chi connectivity index (χ0v) is 8.15. The first-order valence-corrected chi connectivity index (χ1v) is 5.27. The minimum atomic E-state index is 0.0252. The summed E-state index contributed by atoms with van der Waals surface area (Å²) < 4.78 is 0. The summed E-state index contributed by atoms with van der Waals surface area (Å²) in [5.74, 6) is 1.50. The van der Waals surface area contributed by atoms with E-state index in [0.29, 0.717) is 0 Å². The predicted molar refractivity (Wildman–Crippen MR) is 50.0 cm³/mol. The lowest BCUT2D eigenvalue weighted by molar-refractivity contribution is 0.129. The first-order valence-electron chi connectivity index (χ1n) is 4.74. The molecule has 2 nitrogen and oxygen atoms in total. The summed E-state index contributed by atoms with van der Waals surface area (Å²) >= 11 is 5.61. The van der Waals surface area contributed by atoms with Gasteiger partial charge in [0.05, 0.1) is 6.61 Å². The van der Waals surface area contributed by atoms with Crippen LogP contribution in [-0.4, -0.2) is 25.1 Å². The summed E-state index contributed by atoms with van der Waals surface area (Å²) in [6, 6.07) is 0.221. The van der Waals surface area contributed by atoms with Gasteiger partial charge in [-0.05, 0) is 38.1 Å². The third kappa shape index (κ3) is 3.30. The zero-order valence-electron chi connectivity index (χ0n) is 7.39. The van der Waals surface area contributed by atoms with Crippen LogP contribution in [0.1, 0.15) is 25.7 Å². The molecular formula is C9H17ClNO. The molecule has 1 fully saturated rings. The summed E-state index contributed by atoms with van der Waals surface area (Å²) in [4.78, 5) is 0. The second-order valence-electron chi connectivity index (χ2n) is 3.54. The van der Waals surface area contributed by atoms with Crippen LogP contribution in [0.25, 0.3) is 0 Å². The largest absolute Gasteiger partial charge is 0.312 e. The Morgan fingerprint density at radius 2 is 2.33 bits per heavy atom. The van der Waals surface area contributed by atoms with Crippen molar-refractivity contribution in [1.82, 2.24) is 5.32 Å². The van der Waals surface area contributed by atoms with Gasteiger partial charge in [-0.1, -0.05) is 0 Å². The molecule has 1 N–H and O–H groups in total. The lowest BCUT2D eigenvalue weighted by atomic mass is 9.89. The molecule has 0 amide bonds. The van der Waals surface area contributed by atoms with E-state index < -0.39 is 0 Å². The molecule has 0 aromatic heterocycles. The van der Waals surface area contributed by atoms with E-state index in [0.717, 1.165) is 31.2 Å². The van der Waals surface area contributed by atoms with Crippen LogP contribution in [0.3, 0.4) is 0 Å². The predicted octanol–water partition coefficient (Wildman–Crippen LogP) is 1.80. The quantitative estimate of drug-likeness (QED) is 0.674. The topological polar surface area (TPSA) is 31.9 Å². The fraction of sp³-hybridized carbons (Fsp3) is 1.00. The highest BCUT2D eigenvalue weighted by Gasteiger charge is 2.20. The number of hydrogen-bond acceptors (Lipinski definition) is 1. The van der Waals surface area contributed by atoms with E-state index >= 15 is 0 Å². The maximum absolute atomic E-state index is 10.6. The first kappa shape index (κ1) is 10.3. The molecule has 71 valence electrons. The van der Waals surface area contributed by atoms with Crippen LogP contribution in [-0.2, 0) is 5.11 Å². The second-order valence-corrected chi connectivity index (χ2v) is 3.92. The third-order valence-corrected chi connectivity index (χ3v) is 2.82. The van der Waals surface area contributed by atoms with Crippen molar-refractivity contribution in [3.63, 3.8) is 0 Å². The van der Waals surface area contributed by atoms with Gasteiger partial charge in [-0.15, -0.1) is 11.6 Å². The molecule has 0 aromatic rings. The van der Waals surface area contributed by atoms with Gasteiger partial charge in [0.15, 0.2) is 0 Å². The Labute approximate surface area is 79.3 Å². The van der Waals surface area contributed by atoms with Crippen LogP contribution >= 0.6 is 11.6 Å². The zero-order chi connectivity index (χ0) is 8.81. The average molecular weight is 191 g/mol. The van der Waals surface area contributed by atoms with Gasteiger partial charge in [-0.3, -0.25) is 0 Å². The highest BCUT2D eigenvalue weighted by atomic mass is 35.5. The van der Waals surface area contributed by atoms with E-state index in [4.69, 9.17) is 11.6 Å². The van der Waals surface area contributed by atoms with E-state index in [1.807, 2.05) is 0 Å². The standard InChI is InChI=1S/C9H17ClNO/c10-4-1-2-8-3-5-11-9(6-8)7-12/h8-9,11H,1-7H2. The minimum absolute atomic E-state index is 0.0252. The fourth-order valence-electron chi connectivity index (χ4n) is 1.85. The van der Waals surface area contributed by atoms with Gasteiger partial charge in [0.2, 0.25) is 0 Å². The SMILES string of the molecule is [O]CC1CC(CCCCl)CCN1. The van der Waals surface area contributed by atoms with Crippen molar-refractivity contribution in [2.24, 2.45) is 5.92 Å². The number of alkyl halides is 1. The lowest BCUT2D eigenvalue weighted by Crippen LogP contribution is -2.40. The van der Waals surface area contributed by atoms with Crippen LogP contribution < -0.4 is 5.32 Å². The number of piperidine rings is 1. The Bertz CT molecular complexity index is 121. The molecule has 1 radical (unpaired) electrons. The molecule has 1 saturated heterocycles. The van der Waals surface area contributed by atoms with E-state index in [1.54, 1.807) is 0 Å². The molecule has 0 spiro atoms. The maximum atomic E-state index is 10.6. The van der Waals surface area contributed by atoms with Gasteiger partial charge in [0.25, 0.3) is 0 Å². The highest BCUT2D eigenvalue weighted by Crippen LogP contribution is 2.21. The van der Waals surface area contributed by atoms with Crippen molar-refractivity contribution in [2.45, 2.75) is 31.7 Å². The van der Waals surface area contributed by atoms with Crippen LogP contribution in [0.15, 0.2) is 0 Å². The van der Waals surface area contributed by atoms with Crippen LogP contribution in [0, 0.1) is 5.92 Å². The molecule has 12 heavy (non-hydrogen) atoms. The van der Waals surface area contributed by atoms with Crippen molar-refractivity contribution in [2.75, 3.05) is 19.0 Å². The molecule has 2 atom stereocenters. The molecule has 1 heterocycles. The van der Waals surface area contributed by atoms with Gasteiger partial charge >= 0.3 is 0 Å². The lowest BCUT2D eigenvalue weighted by Gasteiger charge is -2.28. The van der Waals surface area contributed by atoms with Crippen LogP contribution in [0.4, 0.5) is 0 Å². The molecule has 0 saturated carbocycles. The Kier molecular flexibility index (Phi) is 4.96. The van der Waals surface area contributed by atoms with Crippen LogP contribution in [0.2, 0.25) is 0 Å². The summed E-state index contributed by atoms with van der Waals surface area (Å²) in [5, 5.41) is 13.8. The van der Waals surface area contributed by atoms with Gasteiger partial charge in [-0.25, -0.2) is 5.11 Å². The Morgan fingerprint density at radius 3 is 3.00 bits per heavy atom. The normalized spacial score (nSPS) is 30.5. The van der Waals surface area contributed by atoms with Crippen molar-refractivity contribution >= 4 is 11.6 Å². The number of halogens is 1. The number of hydrogen-bond donors (Lipinski definition) is 1. The number of rotatable bonds is 4. The Balaban J connectivity index is 2.16. The number of nitrogens with one attached hydrogen (secondary N) is 1. The van der Waals surface area contributed by atoms with Gasteiger partial charge in [-0.2, -0.15) is 0 Å². The molecule has 0 aliphatic carbocycles. The third-order valence-electron chi connectivity index (χ3n) is 2.55. The molecule has 3 heteroatoms. The minimum Gasteiger partial charge on any atom is -0.312 e. The molecule has 1 aliphatic heterocycles. The second kappa shape index (κ2) is 5.79. The molecule has 0 bridgehead atoms. The average Bonchev–Trinajstić information content (AvgIpc) is 2.15. The van der Waals surface area contributed by atoms with Gasteiger partial charge < -0.3 is 5.32 Å². The Hall–Kier alpha value is 0.210. The van der Waals surface area contributed by atoms with Gasteiger partial charge in [0, 0.05) is 11.9 Å². The maximum Gasteiger partial charge on any atom is 0.0975 e.